The first kappa shape index (κ1) is 11.9. The summed E-state index contributed by atoms with van der Waals surface area (Å²) in [7, 11) is 0. The highest BCUT2D eigenvalue weighted by molar-refractivity contribution is 5.97. The van der Waals surface area contributed by atoms with Crippen molar-refractivity contribution in [3.8, 4) is 11.1 Å². The van der Waals surface area contributed by atoms with Crippen LogP contribution in [0.15, 0.2) is 54.6 Å². The van der Waals surface area contributed by atoms with Crippen LogP contribution in [-0.2, 0) is 4.79 Å². The van der Waals surface area contributed by atoms with Crippen molar-refractivity contribution in [3.05, 3.63) is 54.6 Å². The van der Waals surface area contributed by atoms with Gasteiger partial charge >= 0.3 is 0 Å². The van der Waals surface area contributed by atoms with Crippen molar-refractivity contribution < 1.29 is 4.79 Å². The van der Waals surface area contributed by atoms with Gasteiger partial charge in [-0.05, 0) is 11.6 Å². The number of rotatable bonds is 3. The van der Waals surface area contributed by atoms with Gasteiger partial charge in [-0.1, -0.05) is 48.5 Å². The highest BCUT2D eigenvalue weighted by Crippen LogP contribution is 2.27. The van der Waals surface area contributed by atoms with Gasteiger partial charge < -0.3 is 10.6 Å². The number of hydrogen-bond acceptors (Lipinski definition) is 2. The van der Waals surface area contributed by atoms with Crippen LogP contribution in [0.5, 0.6) is 0 Å². The number of hydrogen-bond donors (Lipinski definition) is 2. The first-order valence-electron chi connectivity index (χ1n) is 6.50. The number of carbonyl (C=O) groups excluding carboxylic acids is 1. The first-order valence-corrected chi connectivity index (χ1v) is 6.50. The number of para-hydroxylation sites is 1. The minimum Gasteiger partial charge on any atom is -0.325 e. The molecule has 0 atom stereocenters. The molecule has 0 bridgehead atoms. The van der Waals surface area contributed by atoms with Gasteiger partial charge in [0, 0.05) is 24.3 Å². The zero-order valence-corrected chi connectivity index (χ0v) is 10.6. The van der Waals surface area contributed by atoms with Gasteiger partial charge in [0.2, 0.25) is 5.91 Å². The molecule has 1 amide bonds. The van der Waals surface area contributed by atoms with E-state index in [9.17, 15) is 4.79 Å². The van der Waals surface area contributed by atoms with Gasteiger partial charge in [0.1, 0.15) is 0 Å². The highest BCUT2D eigenvalue weighted by atomic mass is 16.2. The molecule has 2 aromatic carbocycles. The molecule has 1 saturated heterocycles. The van der Waals surface area contributed by atoms with E-state index in [2.05, 4.69) is 22.8 Å². The third-order valence-corrected chi connectivity index (χ3v) is 3.42. The molecule has 96 valence electrons. The van der Waals surface area contributed by atoms with Crippen molar-refractivity contribution in [2.24, 2.45) is 5.92 Å². The summed E-state index contributed by atoms with van der Waals surface area (Å²) in [6.45, 7) is 1.55. The van der Waals surface area contributed by atoms with Crippen molar-refractivity contribution in [3.63, 3.8) is 0 Å². The minimum absolute atomic E-state index is 0.0992. The third kappa shape index (κ3) is 2.51. The molecule has 3 heteroatoms. The maximum absolute atomic E-state index is 12.0. The molecule has 0 unspecified atom stereocenters. The fraction of sp³-hybridized carbons (Fsp3) is 0.188. The summed E-state index contributed by atoms with van der Waals surface area (Å²) in [6.07, 6.45) is 0. The molecule has 0 aliphatic carbocycles. The molecule has 1 heterocycles. The Balaban J connectivity index is 1.87. The maximum atomic E-state index is 12.0. The van der Waals surface area contributed by atoms with Gasteiger partial charge in [0.15, 0.2) is 0 Å². The van der Waals surface area contributed by atoms with Crippen molar-refractivity contribution in [2.45, 2.75) is 0 Å². The standard InChI is InChI=1S/C16H16N2O/c19-16(13-10-17-11-13)18-15-9-5-4-8-14(15)12-6-2-1-3-7-12/h1-9,13,17H,10-11H2,(H,18,19). The molecule has 0 radical (unpaired) electrons. The fourth-order valence-electron chi connectivity index (χ4n) is 2.17. The molecule has 1 fully saturated rings. The van der Waals surface area contributed by atoms with Gasteiger partial charge in [0.25, 0.3) is 0 Å². The molecule has 2 N–H and O–H groups in total. The normalized spacial score (nSPS) is 14.7. The quantitative estimate of drug-likeness (QED) is 0.881. The molecule has 3 nitrogen and oxygen atoms in total. The third-order valence-electron chi connectivity index (χ3n) is 3.42. The molecular formula is C16H16N2O. The van der Waals surface area contributed by atoms with Crippen molar-refractivity contribution in [2.75, 3.05) is 18.4 Å². The Labute approximate surface area is 112 Å². The average Bonchev–Trinajstić information content (AvgIpc) is 2.38. The predicted octanol–water partition coefficient (Wildman–Crippen LogP) is 2.51. The topological polar surface area (TPSA) is 41.1 Å². The second-order valence-electron chi connectivity index (χ2n) is 4.76. The number of anilines is 1. The van der Waals surface area contributed by atoms with E-state index >= 15 is 0 Å². The molecule has 19 heavy (non-hydrogen) atoms. The summed E-state index contributed by atoms with van der Waals surface area (Å²) >= 11 is 0. The second kappa shape index (κ2) is 5.24. The monoisotopic (exact) mass is 252 g/mol. The van der Waals surface area contributed by atoms with E-state index in [0.29, 0.717) is 0 Å². The van der Waals surface area contributed by atoms with E-state index < -0.39 is 0 Å². The Bertz CT molecular complexity index is 576. The van der Waals surface area contributed by atoms with E-state index in [1.54, 1.807) is 0 Å². The Morgan fingerprint density at radius 1 is 1.00 bits per heavy atom. The lowest BCUT2D eigenvalue weighted by molar-refractivity contribution is -0.121. The predicted molar refractivity (Wildman–Crippen MR) is 76.9 cm³/mol. The lowest BCUT2D eigenvalue weighted by Crippen LogP contribution is -2.48. The van der Waals surface area contributed by atoms with Gasteiger partial charge in [0.05, 0.1) is 5.92 Å². The largest absolute Gasteiger partial charge is 0.325 e. The zero-order chi connectivity index (χ0) is 13.1. The van der Waals surface area contributed by atoms with Crippen LogP contribution < -0.4 is 10.6 Å². The van der Waals surface area contributed by atoms with Crippen molar-refractivity contribution in [1.29, 1.82) is 0 Å². The fourth-order valence-corrected chi connectivity index (χ4v) is 2.17. The molecular weight excluding hydrogens is 236 g/mol. The first-order chi connectivity index (χ1) is 9.34. The molecule has 0 spiro atoms. The van der Waals surface area contributed by atoms with Crippen LogP contribution in [0.3, 0.4) is 0 Å². The van der Waals surface area contributed by atoms with Crippen LogP contribution >= 0.6 is 0 Å². The Morgan fingerprint density at radius 2 is 1.68 bits per heavy atom. The molecule has 3 rings (SSSR count). The van der Waals surface area contributed by atoms with Gasteiger partial charge in [-0.2, -0.15) is 0 Å². The summed E-state index contributed by atoms with van der Waals surface area (Å²) in [5.74, 6) is 0.200. The smallest absolute Gasteiger partial charge is 0.230 e. The van der Waals surface area contributed by atoms with Crippen LogP contribution in [0.4, 0.5) is 5.69 Å². The lowest BCUT2D eigenvalue weighted by Gasteiger charge is -2.26. The Hall–Kier alpha value is -2.13. The van der Waals surface area contributed by atoms with E-state index in [4.69, 9.17) is 0 Å². The summed E-state index contributed by atoms with van der Waals surface area (Å²) in [6, 6.07) is 18.0. The SMILES string of the molecule is O=C(Nc1ccccc1-c1ccccc1)C1CNC1. The van der Waals surface area contributed by atoms with Crippen LogP contribution in [0.1, 0.15) is 0 Å². The van der Waals surface area contributed by atoms with Gasteiger partial charge in [-0.15, -0.1) is 0 Å². The number of amides is 1. The molecule has 1 aliphatic heterocycles. The number of nitrogens with one attached hydrogen (secondary N) is 2. The Morgan fingerprint density at radius 3 is 2.37 bits per heavy atom. The molecule has 2 aromatic rings. The second-order valence-corrected chi connectivity index (χ2v) is 4.76. The number of benzene rings is 2. The van der Waals surface area contributed by atoms with Crippen LogP contribution in [0.2, 0.25) is 0 Å². The summed E-state index contributed by atoms with van der Waals surface area (Å²) in [5, 5.41) is 6.15. The molecule has 0 aromatic heterocycles. The van der Waals surface area contributed by atoms with Gasteiger partial charge in [-0.3, -0.25) is 4.79 Å². The average molecular weight is 252 g/mol. The van der Waals surface area contributed by atoms with Crippen LogP contribution in [0, 0.1) is 5.92 Å². The maximum Gasteiger partial charge on any atom is 0.230 e. The summed E-state index contributed by atoms with van der Waals surface area (Å²) in [4.78, 5) is 12.0. The van der Waals surface area contributed by atoms with E-state index in [1.165, 1.54) is 0 Å². The van der Waals surface area contributed by atoms with E-state index in [1.807, 2.05) is 42.5 Å². The lowest BCUT2D eigenvalue weighted by atomic mass is 10.0. The van der Waals surface area contributed by atoms with Crippen LogP contribution in [-0.4, -0.2) is 19.0 Å². The van der Waals surface area contributed by atoms with Crippen molar-refractivity contribution >= 4 is 11.6 Å². The highest BCUT2D eigenvalue weighted by Gasteiger charge is 2.25. The molecule has 1 aliphatic rings. The Kier molecular flexibility index (Phi) is 3.29. The summed E-state index contributed by atoms with van der Waals surface area (Å²) in [5.41, 5.74) is 3.06. The molecule has 0 saturated carbocycles. The van der Waals surface area contributed by atoms with Crippen molar-refractivity contribution in [1.82, 2.24) is 5.32 Å². The van der Waals surface area contributed by atoms with Crippen LogP contribution in [0.25, 0.3) is 11.1 Å². The van der Waals surface area contributed by atoms with E-state index in [0.717, 1.165) is 29.9 Å². The minimum atomic E-state index is 0.0992. The number of carbonyl (C=O) groups is 1. The zero-order valence-electron chi connectivity index (χ0n) is 10.6. The summed E-state index contributed by atoms with van der Waals surface area (Å²) < 4.78 is 0. The van der Waals surface area contributed by atoms with Gasteiger partial charge in [-0.25, -0.2) is 0 Å². The van der Waals surface area contributed by atoms with E-state index in [-0.39, 0.29) is 11.8 Å².